The summed E-state index contributed by atoms with van der Waals surface area (Å²) in [6.45, 7) is 0.501. The minimum atomic E-state index is -0.625. The Morgan fingerprint density at radius 1 is 1.38 bits per heavy atom. The molecule has 0 atom stereocenters. The van der Waals surface area contributed by atoms with E-state index in [0.29, 0.717) is 19.4 Å². The van der Waals surface area contributed by atoms with Crippen LogP contribution in [0.15, 0.2) is 0 Å². The van der Waals surface area contributed by atoms with Gasteiger partial charge in [0.1, 0.15) is 0 Å². The molecule has 0 radical (unpaired) electrons. The van der Waals surface area contributed by atoms with Crippen LogP contribution in [-0.4, -0.2) is 42.9 Å². The van der Waals surface area contributed by atoms with Gasteiger partial charge in [-0.05, 0) is 19.4 Å². The van der Waals surface area contributed by atoms with Crippen LogP contribution in [0.25, 0.3) is 0 Å². The Kier molecular flexibility index (Phi) is 6.48. The van der Waals surface area contributed by atoms with Gasteiger partial charge in [-0.3, -0.25) is 4.79 Å². The summed E-state index contributed by atoms with van der Waals surface area (Å²) in [5, 5.41) is 20.6. The van der Waals surface area contributed by atoms with Gasteiger partial charge in [-0.15, -0.1) is 0 Å². The van der Waals surface area contributed by atoms with Crippen molar-refractivity contribution in [2.45, 2.75) is 12.8 Å². The molecule has 0 saturated carbocycles. The van der Waals surface area contributed by atoms with Gasteiger partial charge >= 0.3 is 0 Å². The summed E-state index contributed by atoms with van der Waals surface area (Å²) >= 11 is 0. The molecule has 5 N–H and O–H groups in total. The molecule has 0 unspecified atom stereocenters. The molecule has 5 nitrogen and oxygen atoms in total. The highest BCUT2D eigenvalue weighted by Crippen LogP contribution is 2.21. The average Bonchev–Trinajstić information content (AvgIpc) is 2.20. The van der Waals surface area contributed by atoms with E-state index in [0.717, 1.165) is 6.42 Å². The Labute approximate surface area is 77.9 Å². The van der Waals surface area contributed by atoms with Crippen molar-refractivity contribution in [1.82, 2.24) is 5.32 Å². The van der Waals surface area contributed by atoms with E-state index in [1.165, 1.54) is 0 Å². The summed E-state index contributed by atoms with van der Waals surface area (Å²) in [6.07, 6.45) is 1.89. The van der Waals surface area contributed by atoms with Gasteiger partial charge in [0.2, 0.25) is 6.41 Å². The summed E-state index contributed by atoms with van der Waals surface area (Å²) in [7, 11) is 0. The number of nitrogens with one attached hydrogen (secondary N) is 1. The number of amides is 1. The number of aliphatic hydroxyl groups is 2. The molecule has 0 aromatic rings. The molecular weight excluding hydrogens is 172 g/mol. The molecule has 0 aliphatic carbocycles. The molecule has 0 rings (SSSR count). The molecule has 0 aliphatic heterocycles. The van der Waals surface area contributed by atoms with Crippen molar-refractivity contribution in [2.75, 3.05) is 26.3 Å². The summed E-state index contributed by atoms with van der Waals surface area (Å²) in [4.78, 5) is 10.1. The van der Waals surface area contributed by atoms with Crippen molar-refractivity contribution in [2.24, 2.45) is 11.1 Å². The van der Waals surface area contributed by atoms with Crippen molar-refractivity contribution in [1.29, 1.82) is 0 Å². The smallest absolute Gasteiger partial charge is 0.207 e. The van der Waals surface area contributed by atoms with Crippen LogP contribution in [0.2, 0.25) is 0 Å². The van der Waals surface area contributed by atoms with E-state index in [1.54, 1.807) is 0 Å². The lowest BCUT2D eigenvalue weighted by molar-refractivity contribution is -0.110. The monoisotopic (exact) mass is 190 g/mol. The van der Waals surface area contributed by atoms with Crippen LogP contribution >= 0.6 is 0 Å². The molecule has 0 aromatic carbocycles. The first-order chi connectivity index (χ1) is 6.24. The number of hydrogen-bond donors (Lipinski definition) is 4. The molecule has 0 bridgehead atoms. The SMILES string of the molecule is NCCCC(CO)(CO)CNC=O. The zero-order valence-electron chi connectivity index (χ0n) is 7.70. The third-order valence-corrected chi connectivity index (χ3v) is 2.14. The number of rotatable bonds is 8. The largest absolute Gasteiger partial charge is 0.396 e. The molecule has 0 spiro atoms. The minimum Gasteiger partial charge on any atom is -0.396 e. The van der Waals surface area contributed by atoms with Gasteiger partial charge in [-0.2, -0.15) is 0 Å². The molecule has 0 fully saturated rings. The molecule has 13 heavy (non-hydrogen) atoms. The number of carbonyl (C=O) groups is 1. The molecule has 78 valence electrons. The van der Waals surface area contributed by atoms with E-state index in [-0.39, 0.29) is 19.8 Å². The van der Waals surface area contributed by atoms with E-state index < -0.39 is 5.41 Å². The molecule has 0 aliphatic rings. The molecule has 0 saturated heterocycles. The zero-order chi connectivity index (χ0) is 10.2. The van der Waals surface area contributed by atoms with Crippen LogP contribution in [0.1, 0.15) is 12.8 Å². The summed E-state index contributed by atoms with van der Waals surface area (Å²) in [5.74, 6) is 0. The predicted molar refractivity (Wildman–Crippen MR) is 49.0 cm³/mol. The highest BCUT2D eigenvalue weighted by Gasteiger charge is 2.27. The third-order valence-electron chi connectivity index (χ3n) is 2.14. The van der Waals surface area contributed by atoms with Gasteiger partial charge in [0.25, 0.3) is 0 Å². The van der Waals surface area contributed by atoms with Crippen LogP contribution < -0.4 is 11.1 Å². The number of hydrogen-bond acceptors (Lipinski definition) is 4. The quantitative estimate of drug-likeness (QED) is 0.348. The Balaban J connectivity index is 4.04. The molecule has 0 aromatic heterocycles. The Morgan fingerprint density at radius 3 is 2.38 bits per heavy atom. The maximum Gasteiger partial charge on any atom is 0.207 e. The predicted octanol–water partition coefficient (Wildman–Crippen LogP) is -1.56. The molecule has 1 amide bonds. The lowest BCUT2D eigenvalue weighted by atomic mass is 9.85. The lowest BCUT2D eigenvalue weighted by Gasteiger charge is -2.29. The normalized spacial score (nSPS) is 11.3. The average molecular weight is 190 g/mol. The number of nitrogens with two attached hydrogens (primary N) is 1. The second kappa shape index (κ2) is 6.82. The van der Waals surface area contributed by atoms with Crippen LogP contribution in [0.3, 0.4) is 0 Å². The van der Waals surface area contributed by atoms with Crippen molar-refractivity contribution in [3.63, 3.8) is 0 Å². The first-order valence-electron chi connectivity index (χ1n) is 4.33. The standard InChI is InChI=1S/C8H18N2O3/c9-3-1-2-8(5-11,6-12)4-10-7-13/h7,11-12H,1-6,9H2,(H,10,13). The highest BCUT2D eigenvalue weighted by molar-refractivity contribution is 5.45. The molecule has 5 heteroatoms. The third kappa shape index (κ3) is 4.21. The number of carbonyl (C=O) groups excluding carboxylic acids is 1. The van der Waals surface area contributed by atoms with Crippen molar-refractivity contribution in [3.8, 4) is 0 Å². The first-order valence-corrected chi connectivity index (χ1v) is 4.33. The van der Waals surface area contributed by atoms with Crippen LogP contribution in [0, 0.1) is 5.41 Å². The first kappa shape index (κ1) is 12.3. The van der Waals surface area contributed by atoms with Crippen molar-refractivity contribution < 1.29 is 15.0 Å². The van der Waals surface area contributed by atoms with Crippen LogP contribution in [0.4, 0.5) is 0 Å². The Bertz CT molecular complexity index is 137. The van der Waals surface area contributed by atoms with Gasteiger partial charge in [-0.1, -0.05) is 0 Å². The van der Waals surface area contributed by atoms with Crippen LogP contribution in [0.5, 0.6) is 0 Å². The van der Waals surface area contributed by atoms with Gasteiger partial charge < -0.3 is 21.3 Å². The van der Waals surface area contributed by atoms with E-state index in [9.17, 15) is 4.79 Å². The second-order valence-electron chi connectivity index (χ2n) is 3.21. The van der Waals surface area contributed by atoms with Gasteiger partial charge in [0, 0.05) is 12.0 Å². The summed E-state index contributed by atoms with van der Waals surface area (Å²) in [6, 6.07) is 0. The number of aliphatic hydroxyl groups excluding tert-OH is 2. The topological polar surface area (TPSA) is 95.6 Å². The van der Waals surface area contributed by atoms with Gasteiger partial charge in [-0.25, -0.2) is 0 Å². The van der Waals surface area contributed by atoms with Crippen molar-refractivity contribution >= 4 is 6.41 Å². The maximum atomic E-state index is 10.1. The maximum absolute atomic E-state index is 10.1. The van der Waals surface area contributed by atoms with E-state index in [1.807, 2.05) is 0 Å². The summed E-state index contributed by atoms with van der Waals surface area (Å²) < 4.78 is 0. The van der Waals surface area contributed by atoms with Gasteiger partial charge in [0.05, 0.1) is 13.2 Å². The Hall–Kier alpha value is -0.650. The summed E-state index contributed by atoms with van der Waals surface area (Å²) in [5.41, 5.74) is 4.70. The Morgan fingerprint density at radius 2 is 2.00 bits per heavy atom. The van der Waals surface area contributed by atoms with E-state index >= 15 is 0 Å². The zero-order valence-corrected chi connectivity index (χ0v) is 7.70. The van der Waals surface area contributed by atoms with Gasteiger partial charge in [0.15, 0.2) is 0 Å². The fraction of sp³-hybridized carbons (Fsp3) is 0.875. The second-order valence-corrected chi connectivity index (χ2v) is 3.21. The molecular formula is C8H18N2O3. The highest BCUT2D eigenvalue weighted by atomic mass is 16.3. The van der Waals surface area contributed by atoms with E-state index in [2.05, 4.69) is 5.32 Å². The fourth-order valence-corrected chi connectivity index (χ4v) is 1.14. The molecule has 0 heterocycles. The van der Waals surface area contributed by atoms with Crippen LogP contribution in [-0.2, 0) is 4.79 Å². The minimum absolute atomic E-state index is 0.148. The lowest BCUT2D eigenvalue weighted by Crippen LogP contribution is -2.40. The van der Waals surface area contributed by atoms with E-state index in [4.69, 9.17) is 15.9 Å². The van der Waals surface area contributed by atoms with Crippen molar-refractivity contribution in [3.05, 3.63) is 0 Å². The fourth-order valence-electron chi connectivity index (χ4n) is 1.14.